The highest BCUT2D eigenvalue weighted by atomic mass is 19.4. The molecule has 25 heavy (non-hydrogen) atoms. The van der Waals surface area contributed by atoms with Crippen molar-refractivity contribution >= 4 is 17.4 Å². The molecule has 1 amide bonds. The summed E-state index contributed by atoms with van der Waals surface area (Å²) in [6.07, 6.45) is -1.73. The molecular formula is C16H18F3N5O. The minimum atomic E-state index is -4.38. The van der Waals surface area contributed by atoms with E-state index in [0.29, 0.717) is 24.6 Å². The van der Waals surface area contributed by atoms with E-state index in [1.54, 1.807) is 0 Å². The van der Waals surface area contributed by atoms with E-state index in [9.17, 15) is 18.0 Å². The first-order chi connectivity index (χ1) is 11.8. The molecule has 2 N–H and O–H groups in total. The number of rotatable bonds is 6. The maximum Gasteiger partial charge on any atom is 0.416 e. The number of nitrogens with zero attached hydrogens (tertiary/aromatic N) is 3. The zero-order chi connectivity index (χ0) is 18.4. The smallest absolute Gasteiger partial charge is 0.349 e. The van der Waals surface area contributed by atoms with E-state index in [0.717, 1.165) is 12.1 Å². The minimum Gasteiger partial charge on any atom is -0.349 e. The fourth-order valence-electron chi connectivity index (χ4n) is 1.88. The van der Waals surface area contributed by atoms with E-state index in [1.807, 2.05) is 19.0 Å². The van der Waals surface area contributed by atoms with Crippen LogP contribution in [0.4, 0.5) is 24.7 Å². The van der Waals surface area contributed by atoms with Crippen LogP contribution in [0.5, 0.6) is 0 Å². The van der Waals surface area contributed by atoms with E-state index < -0.39 is 11.7 Å². The molecule has 0 atom stereocenters. The molecule has 1 aromatic heterocycles. The van der Waals surface area contributed by atoms with Crippen molar-refractivity contribution in [3.8, 4) is 0 Å². The average molecular weight is 353 g/mol. The number of hydrogen-bond donors (Lipinski definition) is 2. The lowest BCUT2D eigenvalue weighted by Gasteiger charge is -2.10. The maximum absolute atomic E-state index is 12.5. The van der Waals surface area contributed by atoms with Crippen LogP contribution in [0.15, 0.2) is 36.7 Å². The van der Waals surface area contributed by atoms with Crippen LogP contribution in [0.3, 0.4) is 0 Å². The third kappa shape index (κ3) is 5.71. The fourth-order valence-corrected chi connectivity index (χ4v) is 1.88. The van der Waals surface area contributed by atoms with Crippen molar-refractivity contribution in [1.82, 2.24) is 20.2 Å². The lowest BCUT2D eigenvalue weighted by atomic mass is 10.2. The summed E-state index contributed by atoms with van der Waals surface area (Å²) in [5.41, 5.74) is -0.129. The van der Waals surface area contributed by atoms with Crippen molar-refractivity contribution in [3.63, 3.8) is 0 Å². The second-order valence-corrected chi connectivity index (χ2v) is 5.55. The summed E-state index contributed by atoms with van der Waals surface area (Å²) in [7, 11) is 3.79. The van der Waals surface area contributed by atoms with Gasteiger partial charge in [0, 0.05) is 18.8 Å². The maximum atomic E-state index is 12.5. The predicted molar refractivity (Wildman–Crippen MR) is 87.6 cm³/mol. The molecule has 6 nitrogen and oxygen atoms in total. The van der Waals surface area contributed by atoms with Crippen LogP contribution in [0.25, 0.3) is 0 Å². The van der Waals surface area contributed by atoms with Gasteiger partial charge >= 0.3 is 6.18 Å². The second-order valence-electron chi connectivity index (χ2n) is 5.55. The molecule has 2 aromatic rings. The van der Waals surface area contributed by atoms with Crippen molar-refractivity contribution in [2.45, 2.75) is 6.18 Å². The molecule has 0 aliphatic heterocycles. The molecule has 0 aliphatic rings. The van der Waals surface area contributed by atoms with Gasteiger partial charge in [0.2, 0.25) is 0 Å². The Hall–Kier alpha value is -2.68. The van der Waals surface area contributed by atoms with Gasteiger partial charge in [0.1, 0.15) is 11.5 Å². The molecule has 0 radical (unpaired) electrons. The summed E-state index contributed by atoms with van der Waals surface area (Å²) in [4.78, 5) is 21.8. The molecule has 0 saturated heterocycles. The van der Waals surface area contributed by atoms with Gasteiger partial charge in [-0.15, -0.1) is 0 Å². The summed E-state index contributed by atoms with van der Waals surface area (Å²) in [5, 5.41) is 5.54. The second kappa shape index (κ2) is 7.93. The Morgan fingerprint density at radius 1 is 1.12 bits per heavy atom. The number of anilines is 2. The lowest BCUT2D eigenvalue weighted by molar-refractivity contribution is -0.137. The number of alkyl halides is 3. The van der Waals surface area contributed by atoms with Gasteiger partial charge in [0.05, 0.1) is 18.0 Å². The van der Waals surface area contributed by atoms with Crippen LogP contribution in [0, 0.1) is 0 Å². The largest absolute Gasteiger partial charge is 0.416 e. The standard InChI is InChI=1S/C16H18F3N5O/c1-24(2)8-7-20-15(25)13-9-22-14(10-21-13)23-12-5-3-11(4-6-12)16(17,18)19/h3-6,9-10H,7-8H2,1-2H3,(H,20,25)(H,22,23). The van der Waals surface area contributed by atoms with Crippen LogP contribution < -0.4 is 10.6 Å². The van der Waals surface area contributed by atoms with Crippen LogP contribution in [-0.4, -0.2) is 48.0 Å². The summed E-state index contributed by atoms with van der Waals surface area (Å²) in [6, 6.07) is 4.55. The molecular weight excluding hydrogens is 335 g/mol. The normalized spacial score (nSPS) is 11.4. The van der Waals surface area contributed by atoms with Crippen molar-refractivity contribution in [1.29, 1.82) is 0 Å². The zero-order valence-electron chi connectivity index (χ0n) is 13.8. The molecule has 1 aromatic carbocycles. The Balaban J connectivity index is 1.95. The SMILES string of the molecule is CN(C)CCNC(=O)c1cnc(Nc2ccc(C(F)(F)F)cc2)cn1. The van der Waals surface area contributed by atoms with Gasteiger partial charge in [-0.05, 0) is 38.4 Å². The molecule has 0 saturated carbocycles. The highest BCUT2D eigenvalue weighted by Crippen LogP contribution is 2.30. The molecule has 134 valence electrons. The van der Waals surface area contributed by atoms with Crippen molar-refractivity contribution in [3.05, 3.63) is 47.9 Å². The number of carbonyl (C=O) groups excluding carboxylic acids is 1. The average Bonchev–Trinajstić information content (AvgIpc) is 2.55. The van der Waals surface area contributed by atoms with Gasteiger partial charge < -0.3 is 15.5 Å². The number of hydrogen-bond acceptors (Lipinski definition) is 5. The van der Waals surface area contributed by atoms with Gasteiger partial charge in [0.15, 0.2) is 0 Å². The third-order valence-electron chi connectivity index (χ3n) is 3.21. The summed E-state index contributed by atoms with van der Waals surface area (Å²) >= 11 is 0. The van der Waals surface area contributed by atoms with Crippen LogP contribution in [0.2, 0.25) is 0 Å². The summed E-state index contributed by atoms with van der Waals surface area (Å²) in [5.74, 6) is -0.0139. The Labute approximate surface area is 143 Å². The number of nitrogens with one attached hydrogen (secondary N) is 2. The van der Waals surface area contributed by atoms with Gasteiger partial charge in [0.25, 0.3) is 5.91 Å². The van der Waals surface area contributed by atoms with Crippen LogP contribution in [0.1, 0.15) is 16.1 Å². The molecule has 0 fully saturated rings. The Morgan fingerprint density at radius 2 is 1.80 bits per heavy atom. The molecule has 1 heterocycles. The Morgan fingerprint density at radius 3 is 2.32 bits per heavy atom. The molecule has 9 heteroatoms. The van der Waals surface area contributed by atoms with E-state index in [4.69, 9.17) is 0 Å². The van der Waals surface area contributed by atoms with Gasteiger partial charge in [-0.1, -0.05) is 0 Å². The van der Waals surface area contributed by atoms with Crippen molar-refractivity contribution in [2.75, 3.05) is 32.5 Å². The number of carbonyl (C=O) groups is 1. The van der Waals surface area contributed by atoms with E-state index in [-0.39, 0.29) is 11.6 Å². The number of benzene rings is 1. The van der Waals surface area contributed by atoms with E-state index in [1.165, 1.54) is 24.5 Å². The molecule has 0 spiro atoms. The van der Waals surface area contributed by atoms with Gasteiger partial charge in [-0.2, -0.15) is 13.2 Å². The van der Waals surface area contributed by atoms with Gasteiger partial charge in [-0.3, -0.25) is 4.79 Å². The lowest BCUT2D eigenvalue weighted by Crippen LogP contribution is -2.31. The molecule has 0 unspecified atom stereocenters. The monoisotopic (exact) mass is 353 g/mol. The van der Waals surface area contributed by atoms with Gasteiger partial charge in [-0.25, -0.2) is 9.97 Å². The predicted octanol–water partition coefficient (Wildman–Crippen LogP) is 2.53. The Kier molecular flexibility index (Phi) is 5.92. The summed E-state index contributed by atoms with van der Waals surface area (Å²) in [6.45, 7) is 1.19. The van der Waals surface area contributed by atoms with Crippen molar-refractivity contribution < 1.29 is 18.0 Å². The number of amides is 1. The molecule has 0 aliphatic carbocycles. The highest BCUT2D eigenvalue weighted by molar-refractivity contribution is 5.92. The fraction of sp³-hybridized carbons (Fsp3) is 0.312. The Bertz CT molecular complexity index is 699. The van der Waals surface area contributed by atoms with Crippen LogP contribution in [-0.2, 0) is 6.18 Å². The zero-order valence-corrected chi connectivity index (χ0v) is 13.8. The van der Waals surface area contributed by atoms with E-state index >= 15 is 0 Å². The molecule has 2 rings (SSSR count). The third-order valence-corrected chi connectivity index (χ3v) is 3.21. The minimum absolute atomic E-state index is 0.164. The number of halogens is 3. The van der Waals surface area contributed by atoms with E-state index in [2.05, 4.69) is 20.6 Å². The topological polar surface area (TPSA) is 70.2 Å². The first-order valence-electron chi connectivity index (χ1n) is 7.45. The summed E-state index contributed by atoms with van der Waals surface area (Å²) < 4.78 is 37.5. The van der Waals surface area contributed by atoms with Crippen molar-refractivity contribution in [2.24, 2.45) is 0 Å². The molecule has 0 bridgehead atoms. The highest BCUT2D eigenvalue weighted by Gasteiger charge is 2.29. The number of likely N-dealkylation sites (N-methyl/N-ethyl adjacent to an activating group) is 1. The number of aromatic nitrogens is 2. The van der Waals surface area contributed by atoms with Crippen LogP contribution >= 0.6 is 0 Å². The quantitative estimate of drug-likeness (QED) is 0.835. The first-order valence-corrected chi connectivity index (χ1v) is 7.45. The first kappa shape index (κ1) is 18.7.